The van der Waals surface area contributed by atoms with Gasteiger partial charge in [0.05, 0.1) is 21.3 Å². The Kier molecular flexibility index (Phi) is 11.1. The third kappa shape index (κ3) is 9.63. The molecular formula is C17H22ClN5O2S3. The fourth-order valence-corrected chi connectivity index (χ4v) is 4.57. The molecule has 2 rings (SSSR count). The Morgan fingerprint density at radius 1 is 1.25 bits per heavy atom. The van der Waals surface area contributed by atoms with Crippen molar-refractivity contribution in [3.05, 3.63) is 68.3 Å². The third-order valence-electron chi connectivity index (χ3n) is 3.43. The highest BCUT2D eigenvalue weighted by atomic mass is 35.5. The molecule has 0 unspecified atom stereocenters. The summed E-state index contributed by atoms with van der Waals surface area (Å²) in [5.41, 5.74) is 1.97. The van der Waals surface area contributed by atoms with Gasteiger partial charge >= 0.3 is 0 Å². The topological polar surface area (TPSA) is 93.0 Å². The molecule has 2 N–H and O–H groups in total. The smallest absolute Gasteiger partial charge is 0.274 e. The van der Waals surface area contributed by atoms with E-state index >= 15 is 0 Å². The van der Waals surface area contributed by atoms with E-state index in [1.54, 1.807) is 35.8 Å². The number of rotatable bonds is 14. The summed E-state index contributed by atoms with van der Waals surface area (Å²) in [6.45, 7) is 1.27. The lowest BCUT2D eigenvalue weighted by atomic mass is 10.3. The standard InChI is InChI=1S/C17H22ClN5O2S3/c18-15-2-1-5-19-16(15)13-27-11-7-21-17(12-23(24)25)20-6-10-26-8-3-14-4-9-28-22-14/h1-2,4-5,9,12,20-21H,3,6-8,10-11,13H2/b17-12+. The van der Waals surface area contributed by atoms with Crippen LogP contribution in [0.5, 0.6) is 0 Å². The number of pyridine rings is 1. The van der Waals surface area contributed by atoms with Crippen molar-refractivity contribution in [2.45, 2.75) is 12.2 Å². The second-order valence-electron chi connectivity index (χ2n) is 5.52. The minimum atomic E-state index is -0.453. The van der Waals surface area contributed by atoms with Crippen LogP contribution in [0.3, 0.4) is 0 Å². The molecule has 7 nitrogen and oxygen atoms in total. The summed E-state index contributed by atoms with van der Waals surface area (Å²) in [6.07, 6.45) is 3.64. The average molecular weight is 460 g/mol. The number of hydrogen-bond donors (Lipinski definition) is 2. The van der Waals surface area contributed by atoms with Crippen molar-refractivity contribution in [2.75, 3.05) is 30.3 Å². The zero-order valence-electron chi connectivity index (χ0n) is 15.2. The number of aryl methyl sites for hydroxylation is 1. The normalized spacial score (nSPS) is 11.4. The van der Waals surface area contributed by atoms with Crippen LogP contribution in [0.1, 0.15) is 11.4 Å². The molecular weight excluding hydrogens is 438 g/mol. The van der Waals surface area contributed by atoms with Gasteiger partial charge in [-0.15, -0.1) is 0 Å². The zero-order valence-corrected chi connectivity index (χ0v) is 18.4. The molecule has 0 aromatic carbocycles. The molecule has 11 heteroatoms. The largest absolute Gasteiger partial charge is 0.366 e. The van der Waals surface area contributed by atoms with Crippen molar-refractivity contribution in [1.82, 2.24) is 20.0 Å². The van der Waals surface area contributed by atoms with Gasteiger partial charge in [-0.3, -0.25) is 15.1 Å². The number of aromatic nitrogens is 2. The van der Waals surface area contributed by atoms with Crippen LogP contribution in [0, 0.1) is 10.1 Å². The van der Waals surface area contributed by atoms with Gasteiger partial charge in [-0.05, 0) is 41.9 Å². The first-order valence-electron chi connectivity index (χ1n) is 8.62. The van der Waals surface area contributed by atoms with Crippen molar-refractivity contribution >= 4 is 46.7 Å². The summed E-state index contributed by atoms with van der Waals surface area (Å²) in [5, 5.41) is 19.6. The molecule has 28 heavy (non-hydrogen) atoms. The maximum absolute atomic E-state index is 10.8. The van der Waals surface area contributed by atoms with E-state index in [0.717, 1.165) is 41.3 Å². The molecule has 0 bridgehead atoms. The van der Waals surface area contributed by atoms with Crippen molar-refractivity contribution in [1.29, 1.82) is 0 Å². The van der Waals surface area contributed by atoms with Crippen molar-refractivity contribution in [3.8, 4) is 0 Å². The van der Waals surface area contributed by atoms with Crippen molar-refractivity contribution < 1.29 is 4.92 Å². The highest BCUT2D eigenvalue weighted by molar-refractivity contribution is 7.99. The minimum Gasteiger partial charge on any atom is -0.366 e. The van der Waals surface area contributed by atoms with Gasteiger partial charge in [0.1, 0.15) is 0 Å². The predicted molar refractivity (Wildman–Crippen MR) is 120 cm³/mol. The predicted octanol–water partition coefficient (Wildman–Crippen LogP) is 3.66. The van der Waals surface area contributed by atoms with E-state index in [2.05, 4.69) is 20.0 Å². The van der Waals surface area contributed by atoms with Gasteiger partial charge in [0.15, 0.2) is 5.82 Å². The number of nitrogens with zero attached hydrogens (tertiary/aromatic N) is 3. The number of thioether (sulfide) groups is 2. The quantitative estimate of drug-likeness (QED) is 0.251. The molecule has 0 atom stereocenters. The van der Waals surface area contributed by atoms with Crippen molar-refractivity contribution in [2.24, 2.45) is 0 Å². The van der Waals surface area contributed by atoms with E-state index < -0.39 is 4.92 Å². The number of nitro groups is 1. The fourth-order valence-electron chi connectivity index (χ4n) is 2.11. The molecule has 0 saturated carbocycles. The molecule has 152 valence electrons. The molecule has 0 spiro atoms. The molecule has 2 aromatic heterocycles. The van der Waals surface area contributed by atoms with E-state index in [4.69, 9.17) is 11.6 Å². The Bertz CT molecular complexity index is 746. The molecule has 2 aromatic rings. The van der Waals surface area contributed by atoms with Crippen LogP contribution < -0.4 is 10.6 Å². The molecule has 0 fully saturated rings. The fraction of sp³-hybridized carbons (Fsp3) is 0.412. The maximum atomic E-state index is 10.8. The summed E-state index contributed by atoms with van der Waals surface area (Å²) in [6, 6.07) is 5.65. The third-order valence-corrected chi connectivity index (χ3v) is 6.32. The maximum Gasteiger partial charge on any atom is 0.274 e. The Hall–Kier alpha value is -1.49. The summed E-state index contributed by atoms with van der Waals surface area (Å²) >= 11 is 11.0. The van der Waals surface area contributed by atoms with Gasteiger partial charge in [-0.2, -0.15) is 27.9 Å². The molecule has 0 amide bonds. The highest BCUT2D eigenvalue weighted by Gasteiger charge is 2.04. The average Bonchev–Trinajstić information content (AvgIpc) is 3.18. The van der Waals surface area contributed by atoms with Crippen LogP contribution in [-0.4, -0.2) is 44.6 Å². The molecule has 0 aliphatic rings. The van der Waals surface area contributed by atoms with Crippen molar-refractivity contribution in [3.63, 3.8) is 0 Å². The van der Waals surface area contributed by atoms with Crippen LogP contribution in [0.15, 0.2) is 41.8 Å². The van der Waals surface area contributed by atoms with Gasteiger partial charge < -0.3 is 10.6 Å². The first-order valence-corrected chi connectivity index (χ1v) is 12.1. The molecule has 0 saturated heterocycles. The first-order chi connectivity index (χ1) is 13.6. The second kappa shape index (κ2) is 13.6. The second-order valence-corrected chi connectivity index (χ2v) is 8.92. The molecule has 0 aliphatic heterocycles. The van der Waals surface area contributed by atoms with Crippen LogP contribution in [0.2, 0.25) is 5.02 Å². The van der Waals surface area contributed by atoms with E-state index in [9.17, 15) is 10.1 Å². The Morgan fingerprint density at radius 3 is 2.71 bits per heavy atom. The lowest BCUT2D eigenvalue weighted by molar-refractivity contribution is -0.404. The van der Waals surface area contributed by atoms with Crippen LogP contribution in [0.4, 0.5) is 0 Å². The Labute approximate surface area is 182 Å². The minimum absolute atomic E-state index is 0.432. The van der Waals surface area contributed by atoms with Gasteiger partial charge in [0.25, 0.3) is 6.20 Å². The van der Waals surface area contributed by atoms with Crippen LogP contribution in [-0.2, 0) is 12.2 Å². The Morgan fingerprint density at radius 2 is 2.04 bits per heavy atom. The van der Waals surface area contributed by atoms with Gasteiger partial charge in [-0.25, -0.2) is 0 Å². The van der Waals surface area contributed by atoms with Gasteiger partial charge in [0, 0.05) is 41.9 Å². The first kappa shape index (κ1) is 22.8. The molecule has 2 heterocycles. The van der Waals surface area contributed by atoms with Gasteiger partial charge in [0.2, 0.25) is 0 Å². The summed E-state index contributed by atoms with van der Waals surface area (Å²) in [4.78, 5) is 14.6. The Balaban J connectivity index is 1.59. The highest BCUT2D eigenvalue weighted by Crippen LogP contribution is 2.18. The lowest BCUT2D eigenvalue weighted by Gasteiger charge is -2.11. The zero-order chi connectivity index (χ0) is 20.0. The lowest BCUT2D eigenvalue weighted by Crippen LogP contribution is -2.30. The van der Waals surface area contributed by atoms with Crippen LogP contribution in [0.25, 0.3) is 0 Å². The number of nitrogens with one attached hydrogen (secondary N) is 2. The van der Waals surface area contributed by atoms with Crippen LogP contribution >= 0.6 is 46.7 Å². The summed E-state index contributed by atoms with van der Waals surface area (Å²) < 4.78 is 4.27. The van der Waals surface area contributed by atoms with Gasteiger partial charge in [-0.1, -0.05) is 11.6 Å². The number of halogens is 1. The number of hydrogen-bond acceptors (Lipinski definition) is 9. The van der Waals surface area contributed by atoms with E-state index in [0.29, 0.717) is 29.7 Å². The summed E-state index contributed by atoms with van der Waals surface area (Å²) in [5.74, 6) is 3.78. The SMILES string of the molecule is O=[N+]([O-])/C=C(\NCCSCCc1ccsn1)NCCSCc1ncccc1Cl. The van der Waals surface area contributed by atoms with E-state index in [1.165, 1.54) is 11.5 Å². The monoisotopic (exact) mass is 459 g/mol. The van der Waals surface area contributed by atoms with E-state index in [-0.39, 0.29) is 0 Å². The van der Waals surface area contributed by atoms with E-state index in [1.807, 2.05) is 17.5 Å². The molecule has 0 aliphatic carbocycles. The molecule has 0 radical (unpaired) electrons. The summed E-state index contributed by atoms with van der Waals surface area (Å²) in [7, 11) is 0.